The first-order valence-electron chi connectivity index (χ1n) is 9.12. The zero-order valence-electron chi connectivity index (χ0n) is 16.3. The number of nitrogens with zero attached hydrogens (tertiary/aromatic N) is 2. The molecule has 1 aliphatic heterocycles. The number of carbonyl (C=O) groups is 1. The Labute approximate surface area is 175 Å². The number of methoxy groups -OCH3 is 1. The largest absolute Gasteiger partial charge is 0.466 e. The molecule has 0 amide bonds. The van der Waals surface area contributed by atoms with Gasteiger partial charge in [0.25, 0.3) is 0 Å². The fraction of sp³-hybridized carbons (Fsp3) is 0.208. The molecular formula is C24H20N2O2S. The summed E-state index contributed by atoms with van der Waals surface area (Å²) in [5, 5.41) is 19.3. The van der Waals surface area contributed by atoms with Gasteiger partial charge >= 0.3 is 5.97 Å². The second-order valence-electron chi connectivity index (χ2n) is 6.83. The third-order valence-electron chi connectivity index (χ3n) is 5.09. The summed E-state index contributed by atoms with van der Waals surface area (Å²) in [6.45, 7) is 6.02. The molecular weight excluding hydrogens is 380 g/mol. The highest BCUT2D eigenvalue weighted by Gasteiger charge is 2.37. The van der Waals surface area contributed by atoms with Crippen molar-refractivity contribution in [2.75, 3.05) is 12.9 Å². The number of thioether (sulfide) groups is 1. The molecule has 2 aromatic rings. The quantitative estimate of drug-likeness (QED) is 0.409. The van der Waals surface area contributed by atoms with Crippen LogP contribution in [-0.4, -0.2) is 18.8 Å². The van der Waals surface area contributed by atoms with Gasteiger partial charge in [-0.1, -0.05) is 54.6 Å². The highest BCUT2D eigenvalue weighted by atomic mass is 32.2. The summed E-state index contributed by atoms with van der Waals surface area (Å²) in [4.78, 5) is 13.5. The summed E-state index contributed by atoms with van der Waals surface area (Å²) >= 11 is 1.66. The smallest absolute Gasteiger partial charge is 0.333 e. The second kappa shape index (κ2) is 8.82. The molecule has 4 nitrogen and oxygen atoms in total. The minimum Gasteiger partial charge on any atom is -0.466 e. The first-order valence-corrected chi connectivity index (χ1v) is 10.1. The number of hydrogen-bond donors (Lipinski definition) is 0. The fourth-order valence-corrected chi connectivity index (χ4v) is 5.03. The Kier molecular flexibility index (Phi) is 6.22. The van der Waals surface area contributed by atoms with E-state index in [0.717, 1.165) is 21.6 Å². The Morgan fingerprint density at radius 2 is 1.93 bits per heavy atom. The van der Waals surface area contributed by atoms with E-state index >= 15 is 0 Å². The van der Waals surface area contributed by atoms with Crippen LogP contribution in [0.2, 0.25) is 0 Å². The van der Waals surface area contributed by atoms with Crippen LogP contribution in [0.25, 0.3) is 5.57 Å². The number of benzene rings is 2. The average molecular weight is 401 g/mol. The molecule has 0 N–H and O–H groups in total. The van der Waals surface area contributed by atoms with E-state index in [4.69, 9.17) is 4.74 Å². The van der Waals surface area contributed by atoms with Gasteiger partial charge in [-0.05, 0) is 29.7 Å². The number of esters is 1. The van der Waals surface area contributed by atoms with Crippen LogP contribution in [0, 0.1) is 35.5 Å². The Balaban J connectivity index is 2.25. The van der Waals surface area contributed by atoms with E-state index in [0.29, 0.717) is 16.9 Å². The maximum absolute atomic E-state index is 12.4. The molecule has 0 fully saturated rings. The standard InChI is InChI=1S/C24H20N2O2S/c1-15-7-6-8-17(11-15)22(16(2)24(27)28-3)20-14-29-21-10-5-4-9-19(21)23(20)18(12-25)13-26/h4-11,20,22H,2,14H2,1,3H3/t20-,22-/m0/s1. The van der Waals surface area contributed by atoms with E-state index in [-0.39, 0.29) is 11.5 Å². The number of rotatable bonds is 4. The van der Waals surface area contributed by atoms with E-state index in [9.17, 15) is 15.3 Å². The van der Waals surface area contributed by atoms with Gasteiger partial charge in [-0.25, -0.2) is 4.79 Å². The van der Waals surface area contributed by atoms with Crippen LogP contribution in [0.4, 0.5) is 0 Å². The van der Waals surface area contributed by atoms with Gasteiger partial charge in [-0.2, -0.15) is 10.5 Å². The van der Waals surface area contributed by atoms with Crippen LogP contribution >= 0.6 is 11.8 Å². The van der Waals surface area contributed by atoms with Crippen molar-refractivity contribution < 1.29 is 9.53 Å². The zero-order chi connectivity index (χ0) is 21.0. The summed E-state index contributed by atoms with van der Waals surface area (Å²) in [5.41, 5.74) is 3.88. The van der Waals surface area contributed by atoms with Crippen LogP contribution in [0.1, 0.15) is 22.6 Å². The average Bonchev–Trinajstić information content (AvgIpc) is 2.75. The molecule has 0 spiro atoms. The monoisotopic (exact) mass is 400 g/mol. The Morgan fingerprint density at radius 3 is 2.59 bits per heavy atom. The van der Waals surface area contributed by atoms with Crippen molar-refractivity contribution in [1.29, 1.82) is 10.5 Å². The van der Waals surface area contributed by atoms with Crippen LogP contribution in [-0.2, 0) is 9.53 Å². The van der Waals surface area contributed by atoms with Crippen molar-refractivity contribution in [3.05, 3.63) is 82.9 Å². The number of hydrogen-bond acceptors (Lipinski definition) is 5. The SMILES string of the molecule is C=C(C(=O)OC)[C@@H](c1cccc(C)c1)[C@@H]1CSc2ccccc2C1=C(C#N)C#N. The van der Waals surface area contributed by atoms with Gasteiger partial charge in [0.05, 0.1) is 7.11 Å². The zero-order valence-corrected chi connectivity index (χ0v) is 17.1. The molecule has 2 aromatic carbocycles. The van der Waals surface area contributed by atoms with E-state index in [1.54, 1.807) is 11.8 Å². The van der Waals surface area contributed by atoms with Gasteiger partial charge in [0.1, 0.15) is 17.7 Å². The van der Waals surface area contributed by atoms with Gasteiger partial charge in [-0.15, -0.1) is 11.8 Å². The van der Waals surface area contributed by atoms with Crippen molar-refractivity contribution in [1.82, 2.24) is 0 Å². The number of ether oxygens (including phenoxy) is 1. The summed E-state index contributed by atoms with van der Waals surface area (Å²) < 4.78 is 4.96. The van der Waals surface area contributed by atoms with Crippen LogP contribution in [0.15, 0.2) is 71.2 Å². The van der Waals surface area contributed by atoms with Gasteiger partial charge in [0.2, 0.25) is 0 Å². The van der Waals surface area contributed by atoms with Crippen molar-refractivity contribution >= 4 is 23.3 Å². The van der Waals surface area contributed by atoms with Crippen molar-refractivity contribution in [2.45, 2.75) is 17.7 Å². The second-order valence-corrected chi connectivity index (χ2v) is 7.90. The molecule has 0 aromatic heterocycles. The number of allylic oxidation sites excluding steroid dienone is 2. The topological polar surface area (TPSA) is 73.9 Å². The number of carbonyl (C=O) groups excluding carboxylic acids is 1. The third-order valence-corrected chi connectivity index (χ3v) is 6.28. The molecule has 0 unspecified atom stereocenters. The summed E-state index contributed by atoms with van der Waals surface area (Å²) in [5.74, 6) is -0.545. The van der Waals surface area contributed by atoms with E-state index < -0.39 is 11.9 Å². The van der Waals surface area contributed by atoms with Gasteiger partial charge in [-0.3, -0.25) is 0 Å². The molecule has 0 radical (unpaired) electrons. The summed E-state index contributed by atoms with van der Waals surface area (Å²) in [6, 6.07) is 19.7. The van der Waals surface area contributed by atoms with Crippen LogP contribution in [0.3, 0.4) is 0 Å². The van der Waals surface area contributed by atoms with Gasteiger partial charge < -0.3 is 4.74 Å². The number of aryl methyl sites for hydroxylation is 1. The van der Waals surface area contributed by atoms with Crippen molar-refractivity contribution in [3.63, 3.8) is 0 Å². The normalized spacial score (nSPS) is 16.0. The molecule has 0 bridgehead atoms. The summed E-state index contributed by atoms with van der Waals surface area (Å²) in [7, 11) is 1.33. The van der Waals surface area contributed by atoms with Crippen molar-refractivity contribution in [2.24, 2.45) is 5.92 Å². The van der Waals surface area contributed by atoms with E-state index in [1.807, 2.05) is 55.5 Å². The molecule has 1 aliphatic rings. The van der Waals surface area contributed by atoms with Gasteiger partial charge in [0.15, 0.2) is 0 Å². The minimum absolute atomic E-state index is 0.0677. The van der Waals surface area contributed by atoms with Crippen LogP contribution in [0.5, 0.6) is 0 Å². The predicted octanol–water partition coefficient (Wildman–Crippen LogP) is 5.03. The molecule has 1 heterocycles. The lowest BCUT2D eigenvalue weighted by Gasteiger charge is -2.34. The van der Waals surface area contributed by atoms with Gasteiger partial charge in [0, 0.05) is 28.1 Å². The van der Waals surface area contributed by atoms with Crippen LogP contribution < -0.4 is 0 Å². The molecule has 144 valence electrons. The highest BCUT2D eigenvalue weighted by Crippen LogP contribution is 2.49. The molecule has 0 aliphatic carbocycles. The highest BCUT2D eigenvalue weighted by molar-refractivity contribution is 7.99. The number of nitriles is 2. The Bertz CT molecular complexity index is 1070. The summed E-state index contributed by atoms with van der Waals surface area (Å²) in [6.07, 6.45) is 0. The van der Waals surface area contributed by atoms with Crippen molar-refractivity contribution in [3.8, 4) is 12.1 Å². The Morgan fingerprint density at radius 1 is 1.21 bits per heavy atom. The first kappa shape index (κ1) is 20.5. The lowest BCUT2D eigenvalue weighted by Crippen LogP contribution is -2.26. The lowest BCUT2D eigenvalue weighted by atomic mass is 9.74. The molecule has 2 atom stereocenters. The molecule has 29 heavy (non-hydrogen) atoms. The number of fused-ring (bicyclic) bond motifs is 1. The first-order chi connectivity index (χ1) is 14.0. The minimum atomic E-state index is -0.491. The molecule has 3 rings (SSSR count). The maximum Gasteiger partial charge on any atom is 0.333 e. The predicted molar refractivity (Wildman–Crippen MR) is 114 cm³/mol. The molecule has 5 heteroatoms. The Hall–Kier alpha value is -3.28. The van der Waals surface area contributed by atoms with E-state index in [1.165, 1.54) is 7.11 Å². The third kappa shape index (κ3) is 3.97. The molecule has 0 saturated heterocycles. The van der Waals surface area contributed by atoms with E-state index in [2.05, 4.69) is 18.7 Å². The lowest BCUT2D eigenvalue weighted by molar-refractivity contribution is -0.136. The molecule has 0 saturated carbocycles. The maximum atomic E-state index is 12.4. The fourth-order valence-electron chi connectivity index (χ4n) is 3.80.